The summed E-state index contributed by atoms with van der Waals surface area (Å²) in [7, 11) is -3.91. The molecule has 0 aliphatic carbocycles. The van der Waals surface area contributed by atoms with Crippen molar-refractivity contribution in [3.05, 3.63) is 29.4 Å². The van der Waals surface area contributed by atoms with Gasteiger partial charge in [0.05, 0.1) is 17.4 Å². The van der Waals surface area contributed by atoms with Crippen LogP contribution in [0.4, 0.5) is 5.69 Å². The van der Waals surface area contributed by atoms with E-state index in [0.29, 0.717) is 0 Å². The van der Waals surface area contributed by atoms with Gasteiger partial charge in [-0.05, 0) is 6.07 Å². The summed E-state index contributed by atoms with van der Waals surface area (Å²) in [5.74, 6) is -1.82. The zero-order valence-corrected chi connectivity index (χ0v) is 12.0. The number of amides is 1. The second-order valence-corrected chi connectivity index (χ2v) is 6.78. The molecule has 112 valence electrons. The first-order valence-corrected chi connectivity index (χ1v) is 7.79. The number of thiophene rings is 1. The van der Waals surface area contributed by atoms with Crippen LogP contribution in [0.2, 0.25) is 0 Å². The van der Waals surface area contributed by atoms with Gasteiger partial charge in [-0.25, -0.2) is 13.2 Å². The summed E-state index contributed by atoms with van der Waals surface area (Å²) in [6, 6.07) is 1.06. The quantitative estimate of drug-likeness (QED) is 0.676. The monoisotopic (exact) mass is 330 g/mol. The third kappa shape index (κ3) is 3.58. The molecule has 2 rings (SSSR count). The number of hydrogen-bond acceptors (Lipinski definition) is 6. The van der Waals surface area contributed by atoms with E-state index in [0.717, 1.165) is 17.4 Å². The van der Waals surface area contributed by atoms with Crippen molar-refractivity contribution in [3.63, 3.8) is 0 Å². The molecule has 21 heavy (non-hydrogen) atoms. The Labute approximate surface area is 123 Å². The van der Waals surface area contributed by atoms with Gasteiger partial charge in [0.15, 0.2) is 0 Å². The van der Waals surface area contributed by atoms with Crippen LogP contribution in [-0.4, -0.2) is 35.2 Å². The van der Waals surface area contributed by atoms with Crippen molar-refractivity contribution in [2.24, 2.45) is 5.73 Å². The number of primary amides is 1. The number of sulfonamides is 1. The third-order valence-electron chi connectivity index (χ3n) is 2.29. The number of aromatic nitrogens is 2. The van der Waals surface area contributed by atoms with Crippen LogP contribution in [0.1, 0.15) is 10.4 Å². The van der Waals surface area contributed by atoms with E-state index in [-0.39, 0.29) is 22.0 Å². The fourth-order valence-corrected chi connectivity index (χ4v) is 3.62. The molecule has 0 bridgehead atoms. The highest BCUT2D eigenvalue weighted by atomic mass is 32.2. The molecule has 0 radical (unpaired) electrons. The number of carboxylic acid groups (broad SMARTS) is 1. The van der Waals surface area contributed by atoms with Gasteiger partial charge >= 0.3 is 5.97 Å². The van der Waals surface area contributed by atoms with Crippen LogP contribution < -0.4 is 10.5 Å². The second kappa shape index (κ2) is 5.54. The second-order valence-electron chi connectivity index (χ2n) is 3.96. The fourth-order valence-electron chi connectivity index (χ4n) is 1.44. The van der Waals surface area contributed by atoms with Crippen molar-refractivity contribution in [2.75, 3.05) is 4.72 Å². The third-order valence-corrected chi connectivity index (χ3v) is 5.11. The van der Waals surface area contributed by atoms with E-state index in [2.05, 4.69) is 9.82 Å². The van der Waals surface area contributed by atoms with Crippen LogP contribution in [0.3, 0.4) is 0 Å². The first-order valence-electron chi connectivity index (χ1n) is 5.43. The van der Waals surface area contributed by atoms with Crippen LogP contribution in [0.25, 0.3) is 0 Å². The highest BCUT2D eigenvalue weighted by molar-refractivity contribution is 7.94. The lowest BCUT2D eigenvalue weighted by molar-refractivity contribution is -0.118. The van der Waals surface area contributed by atoms with Gasteiger partial charge in [-0.3, -0.25) is 14.2 Å². The summed E-state index contributed by atoms with van der Waals surface area (Å²) in [6.45, 7) is -0.177. The highest BCUT2D eigenvalue weighted by Gasteiger charge is 2.19. The molecule has 2 aromatic heterocycles. The number of anilines is 1. The number of hydrogen-bond donors (Lipinski definition) is 3. The largest absolute Gasteiger partial charge is 0.478 e. The van der Waals surface area contributed by atoms with Crippen molar-refractivity contribution >= 4 is 38.9 Å². The van der Waals surface area contributed by atoms with Crippen LogP contribution in [0, 0.1) is 0 Å². The maximum atomic E-state index is 12.0. The zero-order chi connectivity index (χ0) is 15.6. The van der Waals surface area contributed by atoms with Gasteiger partial charge in [-0.1, -0.05) is 0 Å². The summed E-state index contributed by atoms with van der Waals surface area (Å²) in [6.07, 6.45) is 2.51. The number of nitrogens with zero attached hydrogens (tertiary/aromatic N) is 2. The maximum Gasteiger partial charge on any atom is 0.336 e. The summed E-state index contributed by atoms with van der Waals surface area (Å²) >= 11 is 0.789. The number of nitrogens with one attached hydrogen (secondary N) is 1. The van der Waals surface area contributed by atoms with Gasteiger partial charge in [0, 0.05) is 11.6 Å². The first-order chi connectivity index (χ1) is 9.78. The molecule has 0 spiro atoms. The molecule has 2 aromatic rings. The highest BCUT2D eigenvalue weighted by Crippen LogP contribution is 2.22. The summed E-state index contributed by atoms with van der Waals surface area (Å²) in [5.41, 5.74) is 5.02. The summed E-state index contributed by atoms with van der Waals surface area (Å²) in [5, 5.41) is 13.8. The van der Waals surface area contributed by atoms with Gasteiger partial charge in [0.1, 0.15) is 10.8 Å². The van der Waals surface area contributed by atoms with E-state index in [9.17, 15) is 18.0 Å². The van der Waals surface area contributed by atoms with Gasteiger partial charge in [0.2, 0.25) is 5.91 Å². The van der Waals surface area contributed by atoms with E-state index in [1.807, 2.05) is 0 Å². The molecule has 0 aliphatic heterocycles. The molecular weight excluding hydrogens is 320 g/mol. The number of nitrogens with two attached hydrogens (primary N) is 1. The average Bonchev–Trinajstić information content (AvgIpc) is 2.97. The van der Waals surface area contributed by atoms with Crippen molar-refractivity contribution in [2.45, 2.75) is 10.8 Å². The predicted octanol–water partition coefficient (Wildman–Crippen LogP) is -0.0711. The van der Waals surface area contributed by atoms with E-state index < -0.39 is 21.9 Å². The Kier molecular flexibility index (Phi) is 3.95. The van der Waals surface area contributed by atoms with Crippen LogP contribution in [-0.2, 0) is 21.4 Å². The number of carboxylic acids is 1. The van der Waals surface area contributed by atoms with Crippen molar-refractivity contribution in [1.82, 2.24) is 9.78 Å². The van der Waals surface area contributed by atoms with Gasteiger partial charge in [0.25, 0.3) is 10.0 Å². The van der Waals surface area contributed by atoms with Crippen LogP contribution in [0.15, 0.2) is 28.0 Å². The normalized spacial score (nSPS) is 11.2. The van der Waals surface area contributed by atoms with E-state index in [1.54, 1.807) is 0 Å². The number of carbonyl (C=O) groups excluding carboxylic acids is 1. The first kappa shape index (κ1) is 15.0. The van der Waals surface area contributed by atoms with Crippen LogP contribution >= 0.6 is 11.3 Å². The van der Waals surface area contributed by atoms with E-state index in [4.69, 9.17) is 10.8 Å². The number of carbonyl (C=O) groups is 2. The minimum atomic E-state index is -3.91. The fraction of sp³-hybridized carbons (Fsp3) is 0.100. The lowest BCUT2D eigenvalue weighted by Gasteiger charge is -2.02. The molecule has 0 atom stereocenters. The standard InChI is InChI=1S/C10H10N4O5S2/c11-8(15)4-14-3-7(2-12-14)13-21(18,19)9-1-6(5-20-9)10(16)17/h1-3,5,13H,4H2,(H2,11,15)(H,16,17). The van der Waals surface area contributed by atoms with Gasteiger partial charge in [-0.2, -0.15) is 5.10 Å². The van der Waals surface area contributed by atoms with Crippen molar-refractivity contribution in [1.29, 1.82) is 0 Å². The van der Waals surface area contributed by atoms with E-state index in [1.165, 1.54) is 22.5 Å². The van der Waals surface area contributed by atoms with Gasteiger partial charge in [-0.15, -0.1) is 11.3 Å². The lowest BCUT2D eigenvalue weighted by Crippen LogP contribution is -2.18. The summed E-state index contributed by atoms with van der Waals surface area (Å²) in [4.78, 5) is 21.5. The molecule has 0 fully saturated rings. The Hall–Kier alpha value is -2.40. The SMILES string of the molecule is NC(=O)Cn1cc(NS(=O)(=O)c2cc(C(=O)O)cs2)cn1. The molecule has 0 aromatic carbocycles. The number of aromatic carboxylic acids is 1. The Balaban J connectivity index is 2.18. The molecule has 9 nitrogen and oxygen atoms in total. The molecule has 11 heteroatoms. The minimum absolute atomic E-state index is 0.107. The molecular formula is C10H10N4O5S2. The Bertz CT molecular complexity index is 792. The van der Waals surface area contributed by atoms with Crippen molar-refractivity contribution < 1.29 is 23.1 Å². The van der Waals surface area contributed by atoms with Crippen molar-refractivity contribution in [3.8, 4) is 0 Å². The molecule has 0 aliphatic rings. The van der Waals surface area contributed by atoms with Gasteiger partial charge < -0.3 is 10.8 Å². The summed E-state index contributed by atoms with van der Waals surface area (Å²) < 4.78 is 27.4. The Morgan fingerprint density at radius 3 is 2.76 bits per heavy atom. The Morgan fingerprint density at radius 2 is 2.19 bits per heavy atom. The minimum Gasteiger partial charge on any atom is -0.478 e. The molecule has 2 heterocycles. The van der Waals surface area contributed by atoms with E-state index >= 15 is 0 Å². The molecule has 1 amide bonds. The molecule has 0 saturated carbocycles. The number of rotatable bonds is 6. The predicted molar refractivity (Wildman–Crippen MR) is 73.5 cm³/mol. The lowest BCUT2D eigenvalue weighted by atomic mass is 10.4. The zero-order valence-electron chi connectivity index (χ0n) is 10.4. The maximum absolute atomic E-state index is 12.0. The van der Waals surface area contributed by atoms with Crippen LogP contribution in [0.5, 0.6) is 0 Å². The topological polar surface area (TPSA) is 144 Å². The average molecular weight is 330 g/mol. The smallest absolute Gasteiger partial charge is 0.336 e. The molecule has 0 unspecified atom stereocenters. The molecule has 4 N–H and O–H groups in total. The molecule has 0 saturated heterocycles. The Morgan fingerprint density at radius 1 is 1.48 bits per heavy atom.